The summed E-state index contributed by atoms with van der Waals surface area (Å²) in [6, 6.07) is 1.77. The molecule has 0 bridgehead atoms. The number of nitrogens with one attached hydrogen (secondary N) is 2. The minimum absolute atomic E-state index is 0.223. The fraction of sp³-hybridized carbons (Fsp3) is 0.500. The van der Waals surface area contributed by atoms with Crippen molar-refractivity contribution in [3.05, 3.63) is 29.0 Å². The van der Waals surface area contributed by atoms with Crippen molar-refractivity contribution in [2.45, 2.75) is 26.7 Å². The van der Waals surface area contributed by atoms with Crippen molar-refractivity contribution in [3.63, 3.8) is 0 Å². The van der Waals surface area contributed by atoms with Crippen LogP contribution in [0.5, 0.6) is 0 Å². The van der Waals surface area contributed by atoms with E-state index in [0.717, 1.165) is 11.4 Å². The molecule has 0 radical (unpaired) electrons. The van der Waals surface area contributed by atoms with E-state index in [-0.39, 0.29) is 11.9 Å². The molecule has 0 aliphatic rings. The van der Waals surface area contributed by atoms with Crippen molar-refractivity contribution in [1.29, 1.82) is 0 Å². The van der Waals surface area contributed by atoms with E-state index in [4.69, 9.17) is 0 Å². The lowest BCUT2D eigenvalue weighted by Gasteiger charge is -2.21. The van der Waals surface area contributed by atoms with Gasteiger partial charge < -0.3 is 5.32 Å². The molecule has 0 saturated carbocycles. The number of hydrogen-bond donors (Lipinski definition) is 2. The second kappa shape index (κ2) is 6.71. The summed E-state index contributed by atoms with van der Waals surface area (Å²) in [6.07, 6.45) is 1.78. The molecule has 2 N–H and O–H groups in total. The van der Waals surface area contributed by atoms with Gasteiger partial charge in [-0.05, 0) is 18.9 Å². The molecule has 7 heteroatoms. The van der Waals surface area contributed by atoms with Crippen molar-refractivity contribution in [2.75, 3.05) is 11.9 Å². The highest BCUT2D eigenvalue weighted by Crippen LogP contribution is 2.23. The van der Waals surface area contributed by atoms with Gasteiger partial charge in [-0.3, -0.25) is 10.00 Å². The van der Waals surface area contributed by atoms with E-state index in [0.29, 0.717) is 17.6 Å². The normalized spacial score (nSPS) is 12.4. The van der Waals surface area contributed by atoms with Crippen LogP contribution in [0.15, 0.2) is 17.6 Å². The number of carbonyl (C=O) groups is 1. The number of nitrogens with zero attached hydrogens (tertiary/aromatic N) is 3. The monoisotopic (exact) mass is 307 g/mol. The van der Waals surface area contributed by atoms with Crippen molar-refractivity contribution in [2.24, 2.45) is 13.0 Å². The molecule has 0 aliphatic carbocycles. The third-order valence-corrected chi connectivity index (χ3v) is 4.24. The lowest BCUT2D eigenvalue weighted by Crippen LogP contribution is -2.34. The van der Waals surface area contributed by atoms with Crippen LogP contribution >= 0.6 is 11.3 Å². The number of aromatic nitrogens is 3. The maximum absolute atomic E-state index is 11.9. The van der Waals surface area contributed by atoms with Gasteiger partial charge in [-0.15, -0.1) is 11.3 Å². The van der Waals surface area contributed by atoms with Crippen LogP contribution in [-0.4, -0.2) is 27.3 Å². The third kappa shape index (κ3) is 4.04. The predicted octanol–water partition coefficient (Wildman–Crippen LogP) is 2.75. The molecular weight excluding hydrogens is 286 g/mol. The number of urea groups is 1. The summed E-state index contributed by atoms with van der Waals surface area (Å²) in [6.45, 7) is 6.74. The summed E-state index contributed by atoms with van der Waals surface area (Å²) in [7, 11) is 1.92. The van der Waals surface area contributed by atoms with Gasteiger partial charge in [-0.1, -0.05) is 13.8 Å². The zero-order chi connectivity index (χ0) is 15.4. The molecule has 21 heavy (non-hydrogen) atoms. The Kier molecular flexibility index (Phi) is 4.95. The topological polar surface area (TPSA) is 71.8 Å². The number of rotatable bonds is 5. The predicted molar refractivity (Wildman–Crippen MR) is 84.7 cm³/mol. The van der Waals surface area contributed by atoms with Crippen LogP contribution in [0.1, 0.15) is 31.2 Å². The summed E-state index contributed by atoms with van der Waals surface area (Å²) >= 11 is 1.42. The minimum atomic E-state index is -0.225. The van der Waals surface area contributed by atoms with Crippen molar-refractivity contribution >= 4 is 22.5 Å². The molecule has 0 fully saturated rings. The van der Waals surface area contributed by atoms with Crippen LogP contribution < -0.4 is 10.6 Å². The molecule has 0 aromatic carbocycles. The quantitative estimate of drug-likeness (QED) is 0.892. The van der Waals surface area contributed by atoms with Gasteiger partial charge in [-0.2, -0.15) is 5.10 Å². The molecule has 2 heterocycles. The maximum atomic E-state index is 11.9. The largest absolute Gasteiger partial charge is 0.337 e. The highest BCUT2D eigenvalue weighted by molar-refractivity contribution is 7.13. The van der Waals surface area contributed by atoms with Crippen LogP contribution in [0.25, 0.3) is 0 Å². The Morgan fingerprint density at radius 2 is 2.24 bits per heavy atom. The fourth-order valence-electron chi connectivity index (χ4n) is 2.18. The second-order valence-electron chi connectivity index (χ2n) is 5.36. The Morgan fingerprint density at radius 3 is 2.76 bits per heavy atom. The Bertz CT molecular complexity index is 604. The maximum Gasteiger partial charge on any atom is 0.321 e. The summed E-state index contributed by atoms with van der Waals surface area (Å²) in [5, 5.41) is 12.4. The van der Waals surface area contributed by atoms with E-state index in [1.54, 1.807) is 6.20 Å². The van der Waals surface area contributed by atoms with Crippen molar-refractivity contribution in [3.8, 4) is 0 Å². The van der Waals surface area contributed by atoms with Crippen molar-refractivity contribution in [1.82, 2.24) is 20.1 Å². The Labute approximate surface area is 128 Å². The van der Waals surface area contributed by atoms with Crippen LogP contribution in [0, 0.1) is 12.8 Å². The van der Waals surface area contributed by atoms with E-state index < -0.39 is 0 Å². The summed E-state index contributed by atoms with van der Waals surface area (Å²) in [5.74, 6) is 0.629. The van der Waals surface area contributed by atoms with Gasteiger partial charge in [0.2, 0.25) is 0 Å². The fourth-order valence-corrected chi connectivity index (χ4v) is 2.87. The minimum Gasteiger partial charge on any atom is -0.337 e. The SMILES string of the molecule is Cc1csc(NC(=O)NC[C@H](c2ccnn2C)C(C)C)n1. The van der Waals surface area contributed by atoms with Gasteiger partial charge in [0.15, 0.2) is 5.13 Å². The number of thiazole rings is 1. The van der Waals surface area contributed by atoms with Gasteiger partial charge in [0.05, 0.1) is 5.69 Å². The molecule has 2 rings (SSSR count). The molecule has 2 aromatic heterocycles. The molecule has 2 amide bonds. The Hall–Kier alpha value is -1.89. The summed E-state index contributed by atoms with van der Waals surface area (Å²) in [4.78, 5) is 16.1. The number of anilines is 1. The van der Waals surface area contributed by atoms with E-state index in [2.05, 4.69) is 34.6 Å². The van der Waals surface area contributed by atoms with Crippen LogP contribution in [0.2, 0.25) is 0 Å². The van der Waals surface area contributed by atoms with Crippen molar-refractivity contribution < 1.29 is 4.79 Å². The molecule has 2 aromatic rings. The van der Waals surface area contributed by atoms with E-state index in [1.807, 2.05) is 30.1 Å². The Balaban J connectivity index is 1.93. The van der Waals surface area contributed by atoms with Gasteiger partial charge in [0, 0.05) is 36.8 Å². The first-order valence-corrected chi connectivity index (χ1v) is 7.80. The smallest absolute Gasteiger partial charge is 0.321 e. The van der Waals surface area contributed by atoms with Gasteiger partial charge in [0.1, 0.15) is 0 Å². The van der Waals surface area contributed by atoms with E-state index in [9.17, 15) is 4.79 Å². The first-order valence-electron chi connectivity index (χ1n) is 6.92. The van der Waals surface area contributed by atoms with Crippen LogP contribution in [0.3, 0.4) is 0 Å². The average molecular weight is 307 g/mol. The molecular formula is C14H21N5OS. The number of carbonyl (C=O) groups excluding carboxylic acids is 1. The van der Waals surface area contributed by atoms with Crippen LogP contribution in [-0.2, 0) is 7.05 Å². The lowest BCUT2D eigenvalue weighted by molar-refractivity contribution is 0.250. The molecule has 6 nitrogen and oxygen atoms in total. The Morgan fingerprint density at radius 1 is 1.48 bits per heavy atom. The highest BCUT2D eigenvalue weighted by Gasteiger charge is 2.19. The summed E-state index contributed by atoms with van der Waals surface area (Å²) < 4.78 is 1.86. The second-order valence-corrected chi connectivity index (χ2v) is 6.22. The first-order chi connectivity index (χ1) is 9.97. The van der Waals surface area contributed by atoms with E-state index in [1.165, 1.54) is 11.3 Å². The van der Waals surface area contributed by atoms with E-state index >= 15 is 0 Å². The molecule has 0 unspecified atom stereocenters. The number of aryl methyl sites for hydroxylation is 2. The standard InChI is InChI=1S/C14H21N5OS/c1-9(2)11(12-5-6-16-19(12)4)7-15-13(20)18-14-17-10(3)8-21-14/h5-6,8-9,11H,7H2,1-4H3,(H2,15,17,18,20)/t11-/m0/s1. The molecule has 0 saturated heterocycles. The average Bonchev–Trinajstić information content (AvgIpc) is 2.99. The molecule has 0 aliphatic heterocycles. The first kappa shape index (κ1) is 15.5. The van der Waals surface area contributed by atoms with Gasteiger partial charge in [-0.25, -0.2) is 9.78 Å². The van der Waals surface area contributed by atoms with Crippen LogP contribution in [0.4, 0.5) is 9.93 Å². The summed E-state index contributed by atoms with van der Waals surface area (Å²) in [5.41, 5.74) is 2.03. The number of amides is 2. The zero-order valence-corrected chi connectivity index (χ0v) is 13.6. The number of hydrogen-bond acceptors (Lipinski definition) is 4. The molecule has 1 atom stereocenters. The molecule has 0 spiro atoms. The third-order valence-electron chi connectivity index (χ3n) is 3.37. The zero-order valence-electron chi connectivity index (χ0n) is 12.8. The lowest BCUT2D eigenvalue weighted by atomic mass is 9.92. The van der Waals surface area contributed by atoms with Gasteiger partial charge >= 0.3 is 6.03 Å². The van der Waals surface area contributed by atoms with Gasteiger partial charge in [0.25, 0.3) is 0 Å². The molecule has 114 valence electrons. The highest BCUT2D eigenvalue weighted by atomic mass is 32.1.